The Morgan fingerprint density at radius 1 is 0.966 bits per heavy atom. The first-order valence-corrected chi connectivity index (χ1v) is 9.79. The van der Waals surface area contributed by atoms with Crippen molar-refractivity contribution in [1.29, 1.82) is 0 Å². The molecule has 0 aliphatic carbocycles. The van der Waals surface area contributed by atoms with Crippen LogP contribution >= 0.6 is 23.2 Å². The molecule has 0 fully saturated rings. The van der Waals surface area contributed by atoms with Gasteiger partial charge in [-0.3, -0.25) is 9.69 Å². The van der Waals surface area contributed by atoms with Gasteiger partial charge in [-0.2, -0.15) is 0 Å². The maximum absolute atomic E-state index is 12.8. The normalized spacial score (nSPS) is 20.1. The quantitative estimate of drug-likeness (QED) is 0.641. The first-order chi connectivity index (χ1) is 14.1. The van der Waals surface area contributed by atoms with Gasteiger partial charge in [0.25, 0.3) is 5.72 Å². The molecule has 7 heteroatoms. The number of hydrogen-bond donors (Lipinski definition) is 1. The fourth-order valence-electron chi connectivity index (χ4n) is 3.81. The summed E-state index contributed by atoms with van der Waals surface area (Å²) in [6.07, 6.45) is 0. The summed E-state index contributed by atoms with van der Waals surface area (Å²) in [6, 6.07) is 22.3. The third kappa shape index (κ3) is 2.85. The van der Waals surface area contributed by atoms with E-state index in [-0.39, 0.29) is 12.5 Å². The van der Waals surface area contributed by atoms with E-state index in [1.807, 2.05) is 53.4 Å². The number of hydrogen-bond acceptors (Lipinski definition) is 4. The van der Waals surface area contributed by atoms with Gasteiger partial charge in [0.05, 0.1) is 5.69 Å². The maximum Gasteiger partial charge on any atom is 0.265 e. The van der Waals surface area contributed by atoms with Gasteiger partial charge in [-0.15, -0.1) is 0 Å². The lowest BCUT2D eigenvalue weighted by atomic mass is 9.91. The molecule has 0 unspecified atom stereocenters. The molecule has 29 heavy (non-hydrogen) atoms. The van der Waals surface area contributed by atoms with Gasteiger partial charge in [0.1, 0.15) is 6.54 Å². The molecule has 3 aromatic carbocycles. The second-order valence-corrected chi connectivity index (χ2v) is 7.72. The van der Waals surface area contributed by atoms with Crippen LogP contribution in [0, 0.1) is 0 Å². The first kappa shape index (κ1) is 18.0. The summed E-state index contributed by atoms with van der Waals surface area (Å²) in [5.74, 6) is 0.382. The van der Waals surface area contributed by atoms with E-state index in [1.165, 1.54) is 0 Å². The standard InChI is InChI=1S/C22H15Cl2N3O2/c23-16-8-6-14(7-9-16)21-26-29-22(15-4-2-1-3-5-15)18-12-17(24)10-11-19(18)25-20(28)13-27(21)22/h1-12H,13H2,(H,25,28)/t22-/m0/s1. The van der Waals surface area contributed by atoms with Crippen LogP contribution in [0.4, 0.5) is 5.69 Å². The van der Waals surface area contributed by atoms with Crippen molar-refractivity contribution in [1.82, 2.24) is 4.90 Å². The number of nitrogens with one attached hydrogen (secondary N) is 1. The van der Waals surface area contributed by atoms with Crippen molar-refractivity contribution < 1.29 is 9.63 Å². The third-order valence-corrected chi connectivity index (χ3v) is 5.58. The number of carbonyl (C=O) groups is 1. The predicted octanol–water partition coefficient (Wildman–Crippen LogP) is 4.84. The molecule has 0 radical (unpaired) electrons. The number of oxime groups is 1. The zero-order chi connectivity index (χ0) is 20.0. The van der Waals surface area contributed by atoms with Crippen LogP contribution in [0.2, 0.25) is 10.0 Å². The number of halogens is 2. The molecule has 144 valence electrons. The van der Waals surface area contributed by atoms with Crippen LogP contribution in [0.15, 0.2) is 78.0 Å². The van der Waals surface area contributed by atoms with Crippen molar-refractivity contribution >= 4 is 40.6 Å². The second-order valence-electron chi connectivity index (χ2n) is 6.85. The van der Waals surface area contributed by atoms with E-state index in [1.54, 1.807) is 24.3 Å². The molecule has 5 rings (SSSR count). The van der Waals surface area contributed by atoms with Gasteiger partial charge in [-0.05, 0) is 42.5 Å². The van der Waals surface area contributed by atoms with Crippen molar-refractivity contribution in [3.8, 4) is 0 Å². The molecule has 0 saturated heterocycles. The Balaban J connectivity index is 1.76. The van der Waals surface area contributed by atoms with Crippen molar-refractivity contribution in [2.24, 2.45) is 5.16 Å². The zero-order valence-electron chi connectivity index (χ0n) is 15.1. The Labute approximate surface area is 177 Å². The molecular formula is C22H15Cl2N3O2. The molecule has 0 aromatic heterocycles. The van der Waals surface area contributed by atoms with Crippen molar-refractivity contribution in [2.45, 2.75) is 5.72 Å². The van der Waals surface area contributed by atoms with Gasteiger partial charge in [-0.25, -0.2) is 0 Å². The topological polar surface area (TPSA) is 53.9 Å². The Morgan fingerprint density at radius 2 is 1.69 bits per heavy atom. The van der Waals surface area contributed by atoms with Crippen LogP contribution < -0.4 is 5.32 Å². The molecule has 5 nitrogen and oxygen atoms in total. The number of anilines is 1. The molecule has 3 aromatic rings. The average molecular weight is 424 g/mol. The number of carbonyl (C=O) groups excluding carboxylic acids is 1. The fourth-order valence-corrected chi connectivity index (χ4v) is 4.11. The van der Waals surface area contributed by atoms with E-state index in [0.717, 1.165) is 16.7 Å². The summed E-state index contributed by atoms with van der Waals surface area (Å²) in [7, 11) is 0. The molecule has 1 N–H and O–H groups in total. The van der Waals surface area contributed by atoms with Gasteiger partial charge >= 0.3 is 0 Å². The Morgan fingerprint density at radius 3 is 2.45 bits per heavy atom. The molecule has 1 atom stereocenters. The smallest absolute Gasteiger partial charge is 0.265 e. The molecule has 2 aliphatic heterocycles. The second kappa shape index (κ2) is 6.79. The molecule has 1 amide bonds. The minimum atomic E-state index is -1.13. The third-order valence-electron chi connectivity index (χ3n) is 5.09. The van der Waals surface area contributed by atoms with Gasteiger partial charge in [0.2, 0.25) is 5.91 Å². The van der Waals surface area contributed by atoms with Crippen LogP contribution in [0.5, 0.6) is 0 Å². The summed E-state index contributed by atoms with van der Waals surface area (Å²) in [5, 5.41) is 8.53. The highest BCUT2D eigenvalue weighted by Crippen LogP contribution is 2.47. The van der Waals surface area contributed by atoms with E-state index >= 15 is 0 Å². The van der Waals surface area contributed by atoms with Gasteiger partial charge in [-0.1, -0.05) is 58.7 Å². The highest BCUT2D eigenvalue weighted by atomic mass is 35.5. The average Bonchev–Trinajstić information content (AvgIpc) is 3.04. The van der Waals surface area contributed by atoms with E-state index < -0.39 is 5.72 Å². The van der Waals surface area contributed by atoms with Crippen LogP contribution in [-0.4, -0.2) is 23.2 Å². The van der Waals surface area contributed by atoms with Crippen LogP contribution in [0.1, 0.15) is 16.7 Å². The van der Waals surface area contributed by atoms with Crippen LogP contribution in [0.3, 0.4) is 0 Å². The van der Waals surface area contributed by atoms with E-state index in [0.29, 0.717) is 21.6 Å². The summed E-state index contributed by atoms with van der Waals surface area (Å²) in [6.45, 7) is 0.0582. The molecular weight excluding hydrogens is 409 g/mol. The molecule has 2 heterocycles. The summed E-state index contributed by atoms with van der Waals surface area (Å²) in [5.41, 5.74) is 1.86. The highest BCUT2D eigenvalue weighted by Gasteiger charge is 2.53. The number of nitrogens with zero attached hydrogens (tertiary/aromatic N) is 2. The van der Waals surface area contributed by atoms with E-state index in [4.69, 9.17) is 28.0 Å². The Bertz CT molecular complexity index is 1130. The van der Waals surface area contributed by atoms with Gasteiger partial charge < -0.3 is 10.2 Å². The summed E-state index contributed by atoms with van der Waals surface area (Å²) in [4.78, 5) is 20.8. The number of fused-ring (bicyclic) bond motifs is 3. The first-order valence-electron chi connectivity index (χ1n) is 9.03. The Kier molecular flexibility index (Phi) is 4.23. The van der Waals surface area contributed by atoms with Crippen molar-refractivity contribution in [3.63, 3.8) is 0 Å². The fraction of sp³-hybridized carbons (Fsp3) is 0.0909. The van der Waals surface area contributed by atoms with E-state index in [9.17, 15) is 4.79 Å². The number of amides is 1. The lowest BCUT2D eigenvalue weighted by molar-refractivity contribution is -0.121. The van der Waals surface area contributed by atoms with E-state index in [2.05, 4.69) is 10.5 Å². The maximum atomic E-state index is 12.8. The molecule has 0 spiro atoms. The summed E-state index contributed by atoms with van der Waals surface area (Å²) >= 11 is 12.4. The molecule has 0 bridgehead atoms. The highest BCUT2D eigenvalue weighted by molar-refractivity contribution is 6.31. The SMILES string of the molecule is O=C1CN2C(c3ccc(Cl)cc3)=NO[C@@]2(c2ccccc2)c2cc(Cl)ccc2N1. The number of rotatable bonds is 2. The van der Waals surface area contributed by atoms with Crippen molar-refractivity contribution in [2.75, 3.05) is 11.9 Å². The van der Waals surface area contributed by atoms with Gasteiger partial charge in [0, 0.05) is 26.7 Å². The molecule has 0 saturated carbocycles. The monoisotopic (exact) mass is 423 g/mol. The predicted molar refractivity (Wildman–Crippen MR) is 113 cm³/mol. The molecule has 2 aliphatic rings. The van der Waals surface area contributed by atoms with Gasteiger partial charge in [0.15, 0.2) is 5.84 Å². The largest absolute Gasteiger partial charge is 0.355 e. The lowest BCUT2D eigenvalue weighted by Crippen LogP contribution is -2.48. The number of amidine groups is 1. The van der Waals surface area contributed by atoms with Crippen LogP contribution in [-0.2, 0) is 15.4 Å². The number of benzene rings is 3. The minimum Gasteiger partial charge on any atom is -0.355 e. The minimum absolute atomic E-state index is 0.0582. The summed E-state index contributed by atoms with van der Waals surface area (Å²) < 4.78 is 0. The van der Waals surface area contributed by atoms with Crippen LogP contribution in [0.25, 0.3) is 0 Å². The Hall–Kier alpha value is -3.02. The lowest BCUT2D eigenvalue weighted by Gasteiger charge is -2.36. The zero-order valence-corrected chi connectivity index (χ0v) is 16.6. The van der Waals surface area contributed by atoms with Crippen molar-refractivity contribution in [3.05, 3.63) is 99.5 Å².